The van der Waals surface area contributed by atoms with Gasteiger partial charge in [-0.3, -0.25) is 4.28 Å². The Morgan fingerprint density at radius 2 is 1.48 bits per heavy atom. The molecule has 7 nitrogen and oxygen atoms in total. The maximum Gasteiger partial charge on any atom is 0.358 e. The summed E-state index contributed by atoms with van der Waals surface area (Å²) in [6, 6.07) is 12.4. The summed E-state index contributed by atoms with van der Waals surface area (Å²) in [4.78, 5) is -0.0451. The van der Waals surface area contributed by atoms with Crippen LogP contribution in [0.5, 0.6) is 0 Å². The summed E-state index contributed by atoms with van der Waals surface area (Å²) in [5, 5.41) is 3.88. The van der Waals surface area contributed by atoms with Crippen molar-refractivity contribution in [1.82, 2.24) is 0 Å². The zero-order valence-electron chi connectivity index (χ0n) is 16.3. The van der Waals surface area contributed by atoms with Crippen molar-refractivity contribution in [2.75, 3.05) is 5.75 Å². The van der Waals surface area contributed by atoms with Crippen LogP contribution in [-0.2, 0) is 35.0 Å². The van der Waals surface area contributed by atoms with Crippen molar-refractivity contribution >= 4 is 41.7 Å². The fourth-order valence-corrected chi connectivity index (χ4v) is 4.63. The van der Waals surface area contributed by atoms with Gasteiger partial charge in [0.05, 0.1) is 4.90 Å². The molecule has 0 aliphatic carbocycles. The number of hydrogen-bond acceptors (Lipinski definition) is 6. The van der Waals surface area contributed by atoms with Crippen LogP contribution < -0.4 is 5.73 Å². The number of hydrogen-bond donors (Lipinski definition) is 1. The van der Waals surface area contributed by atoms with E-state index in [9.17, 15) is 16.8 Å². The molecular formula is C19H23BrN2O5S2. The maximum atomic E-state index is 12.5. The number of halogens is 1. The van der Waals surface area contributed by atoms with Gasteiger partial charge in [0, 0.05) is 5.33 Å². The van der Waals surface area contributed by atoms with E-state index in [0.717, 1.165) is 11.1 Å². The highest BCUT2D eigenvalue weighted by Crippen LogP contribution is 2.24. The minimum atomic E-state index is -4.20. The lowest BCUT2D eigenvalue weighted by atomic mass is 9.87. The Kier molecular flexibility index (Phi) is 7.13. The van der Waals surface area contributed by atoms with Crippen molar-refractivity contribution in [1.29, 1.82) is 0 Å². The molecule has 0 bridgehead atoms. The van der Waals surface area contributed by atoms with Crippen LogP contribution in [0.4, 0.5) is 0 Å². The average molecular weight is 503 g/mol. The van der Waals surface area contributed by atoms with E-state index in [2.05, 4.69) is 25.4 Å². The number of alkyl halides is 1. The molecule has 0 saturated heterocycles. The second kappa shape index (κ2) is 8.85. The summed E-state index contributed by atoms with van der Waals surface area (Å²) in [6.07, 6.45) is 0. The van der Waals surface area contributed by atoms with Gasteiger partial charge in [-0.05, 0) is 40.8 Å². The molecule has 0 aliphatic rings. The Hall–Kier alpha value is -1.91. The molecule has 29 heavy (non-hydrogen) atoms. The molecular weight excluding hydrogens is 480 g/mol. The van der Waals surface area contributed by atoms with Gasteiger partial charge >= 0.3 is 10.1 Å². The Balaban J connectivity index is 2.13. The van der Waals surface area contributed by atoms with Crippen LogP contribution in [0.3, 0.4) is 0 Å². The lowest BCUT2D eigenvalue weighted by molar-refractivity contribution is 0.338. The molecule has 10 heteroatoms. The molecule has 0 aromatic heterocycles. The monoisotopic (exact) mass is 502 g/mol. The van der Waals surface area contributed by atoms with Crippen LogP contribution in [0.25, 0.3) is 0 Å². The van der Waals surface area contributed by atoms with Crippen LogP contribution in [0.2, 0.25) is 0 Å². The van der Waals surface area contributed by atoms with E-state index in [1.807, 2.05) is 20.8 Å². The average Bonchev–Trinajstić information content (AvgIpc) is 2.65. The third-order valence-electron chi connectivity index (χ3n) is 4.04. The van der Waals surface area contributed by atoms with Gasteiger partial charge < -0.3 is 5.73 Å². The van der Waals surface area contributed by atoms with Crippen LogP contribution >= 0.6 is 15.9 Å². The zero-order valence-corrected chi connectivity index (χ0v) is 19.5. The molecule has 2 aromatic rings. The summed E-state index contributed by atoms with van der Waals surface area (Å²) in [5.41, 5.74) is 7.36. The van der Waals surface area contributed by atoms with Gasteiger partial charge in [-0.1, -0.05) is 66.1 Å². The van der Waals surface area contributed by atoms with Gasteiger partial charge in [0.1, 0.15) is 10.6 Å². The highest BCUT2D eigenvalue weighted by atomic mass is 79.9. The predicted octanol–water partition coefficient (Wildman–Crippen LogP) is 3.33. The van der Waals surface area contributed by atoms with E-state index >= 15 is 0 Å². The molecule has 0 aliphatic heterocycles. The van der Waals surface area contributed by atoms with E-state index < -0.39 is 31.5 Å². The minimum absolute atomic E-state index is 0.0665. The quantitative estimate of drug-likeness (QED) is 0.268. The van der Waals surface area contributed by atoms with Crippen LogP contribution in [0.1, 0.15) is 31.9 Å². The first-order valence-electron chi connectivity index (χ1n) is 8.59. The SMILES string of the molecule is CC(C)(C)c1ccc(S(=O)(=O)C/C(N)=N\OS(=O)(=O)c2ccc(CBr)cc2)cc1. The topological polar surface area (TPSA) is 116 Å². The smallest absolute Gasteiger partial charge is 0.358 e. The van der Waals surface area contributed by atoms with Crippen molar-refractivity contribution in [3.63, 3.8) is 0 Å². The number of nitrogens with zero attached hydrogens (tertiary/aromatic N) is 1. The fourth-order valence-electron chi connectivity index (χ4n) is 2.35. The standard InChI is InChI=1S/C19H23BrN2O5S2/c1-19(2,3)15-6-10-16(11-7-15)28(23,24)13-18(21)22-27-29(25,26)17-8-4-14(12-20)5-9-17/h4-11H,12-13H2,1-3H3,(H2,21,22). The molecule has 0 heterocycles. The first kappa shape index (κ1) is 23.4. The van der Waals surface area contributed by atoms with Gasteiger partial charge in [-0.2, -0.15) is 8.42 Å². The van der Waals surface area contributed by atoms with Crippen molar-refractivity contribution in [2.24, 2.45) is 10.9 Å². The fraction of sp³-hybridized carbons (Fsp3) is 0.316. The molecule has 0 fully saturated rings. The molecule has 0 amide bonds. The first-order valence-corrected chi connectivity index (χ1v) is 12.8. The van der Waals surface area contributed by atoms with Crippen LogP contribution in [0.15, 0.2) is 63.5 Å². The third-order valence-corrected chi connectivity index (χ3v) is 7.47. The Labute approximate surface area is 180 Å². The van der Waals surface area contributed by atoms with Crippen LogP contribution in [-0.4, -0.2) is 28.4 Å². The van der Waals surface area contributed by atoms with Crippen molar-refractivity contribution in [3.8, 4) is 0 Å². The van der Waals surface area contributed by atoms with E-state index in [4.69, 9.17) is 5.73 Å². The van der Waals surface area contributed by atoms with Gasteiger partial charge in [0.15, 0.2) is 15.7 Å². The highest BCUT2D eigenvalue weighted by Gasteiger charge is 2.21. The Morgan fingerprint density at radius 1 is 0.966 bits per heavy atom. The van der Waals surface area contributed by atoms with Crippen LogP contribution in [0, 0.1) is 0 Å². The molecule has 0 radical (unpaired) electrons. The molecule has 0 atom stereocenters. The van der Waals surface area contributed by atoms with E-state index in [0.29, 0.717) is 5.33 Å². The first-order chi connectivity index (χ1) is 13.3. The molecule has 2 aromatic carbocycles. The molecule has 0 saturated carbocycles. The van der Waals surface area contributed by atoms with Gasteiger partial charge in [-0.15, -0.1) is 0 Å². The lowest BCUT2D eigenvalue weighted by Gasteiger charge is -2.19. The molecule has 0 spiro atoms. The predicted molar refractivity (Wildman–Crippen MR) is 116 cm³/mol. The molecule has 0 unspecified atom stereocenters. The number of benzene rings is 2. The number of nitrogens with two attached hydrogens (primary N) is 1. The molecule has 2 rings (SSSR count). The van der Waals surface area contributed by atoms with Crippen molar-refractivity contribution < 1.29 is 21.1 Å². The van der Waals surface area contributed by atoms with E-state index in [1.165, 1.54) is 24.3 Å². The second-order valence-corrected chi connectivity index (χ2v) is 11.5. The van der Waals surface area contributed by atoms with Gasteiger partial charge in [-0.25, -0.2) is 8.42 Å². The Morgan fingerprint density at radius 3 is 1.97 bits per heavy atom. The Bertz CT molecular complexity index is 1090. The minimum Gasteiger partial charge on any atom is -0.384 e. The number of oxime groups is 1. The summed E-state index contributed by atoms with van der Waals surface area (Å²) >= 11 is 3.27. The number of amidine groups is 1. The van der Waals surface area contributed by atoms with Gasteiger partial charge in [0.2, 0.25) is 0 Å². The highest BCUT2D eigenvalue weighted by molar-refractivity contribution is 9.08. The summed E-state index contributed by atoms with van der Waals surface area (Å²) < 4.78 is 53.9. The second-order valence-electron chi connectivity index (χ2n) is 7.42. The zero-order chi connectivity index (χ0) is 21.9. The van der Waals surface area contributed by atoms with Crippen molar-refractivity contribution in [2.45, 2.75) is 41.3 Å². The number of rotatable bonds is 7. The van der Waals surface area contributed by atoms with Crippen molar-refractivity contribution in [3.05, 3.63) is 59.7 Å². The molecule has 2 N–H and O–H groups in total. The lowest BCUT2D eigenvalue weighted by Crippen LogP contribution is -2.25. The summed E-state index contributed by atoms with van der Waals surface area (Å²) in [6.45, 7) is 6.06. The largest absolute Gasteiger partial charge is 0.384 e. The van der Waals surface area contributed by atoms with Gasteiger partial charge in [0.25, 0.3) is 0 Å². The van der Waals surface area contributed by atoms with E-state index in [1.54, 1.807) is 24.3 Å². The van der Waals surface area contributed by atoms with E-state index in [-0.39, 0.29) is 15.2 Å². The number of sulfone groups is 1. The summed E-state index contributed by atoms with van der Waals surface area (Å²) in [5.74, 6) is -1.13. The third kappa shape index (κ3) is 6.28. The maximum absolute atomic E-state index is 12.5. The molecule has 158 valence electrons. The summed E-state index contributed by atoms with van der Waals surface area (Å²) in [7, 11) is -8.00. The normalized spacial score (nSPS) is 13.3.